The Labute approximate surface area is 133 Å². The number of furan rings is 2. The van der Waals surface area contributed by atoms with Crippen molar-refractivity contribution in [2.75, 3.05) is 5.32 Å². The van der Waals surface area contributed by atoms with E-state index in [4.69, 9.17) is 8.83 Å². The van der Waals surface area contributed by atoms with Crippen LogP contribution >= 0.6 is 0 Å². The second-order valence-electron chi connectivity index (χ2n) is 5.16. The predicted octanol–water partition coefficient (Wildman–Crippen LogP) is 3.89. The average Bonchev–Trinajstić information content (AvgIpc) is 3.31. The lowest BCUT2D eigenvalue weighted by molar-refractivity contribution is 0.512. The Hall–Kier alpha value is -3.08. The molecule has 0 unspecified atom stereocenters. The Kier molecular flexibility index (Phi) is 3.52. The fourth-order valence-electron chi connectivity index (χ4n) is 2.51. The van der Waals surface area contributed by atoms with Gasteiger partial charge in [-0.05, 0) is 30.3 Å². The molecule has 0 spiro atoms. The summed E-state index contributed by atoms with van der Waals surface area (Å²) < 4.78 is 10.7. The van der Waals surface area contributed by atoms with Gasteiger partial charge < -0.3 is 14.2 Å². The third-order valence-electron chi connectivity index (χ3n) is 3.61. The van der Waals surface area contributed by atoms with E-state index in [0.29, 0.717) is 13.1 Å². The van der Waals surface area contributed by atoms with Crippen LogP contribution < -0.4 is 5.32 Å². The molecule has 0 saturated carbocycles. The lowest BCUT2D eigenvalue weighted by Gasteiger charge is -2.00. The second-order valence-corrected chi connectivity index (χ2v) is 5.16. The van der Waals surface area contributed by atoms with Gasteiger partial charge in [-0.15, -0.1) is 0 Å². The van der Waals surface area contributed by atoms with Gasteiger partial charge >= 0.3 is 0 Å². The van der Waals surface area contributed by atoms with Crippen molar-refractivity contribution in [3.63, 3.8) is 0 Å². The van der Waals surface area contributed by atoms with E-state index in [2.05, 4.69) is 15.3 Å². The maximum Gasteiger partial charge on any atom is 0.152 e. The van der Waals surface area contributed by atoms with E-state index in [0.717, 1.165) is 34.3 Å². The minimum atomic E-state index is 0.475. The van der Waals surface area contributed by atoms with Crippen LogP contribution in [-0.4, -0.2) is 11.5 Å². The lowest BCUT2D eigenvalue weighted by Crippen LogP contribution is -2.16. The Morgan fingerprint density at radius 3 is 2.17 bits per heavy atom. The van der Waals surface area contributed by atoms with Crippen molar-refractivity contribution in [2.45, 2.75) is 13.1 Å². The number of amidine groups is 1. The number of benzene rings is 1. The molecule has 0 aliphatic carbocycles. The van der Waals surface area contributed by atoms with Crippen LogP contribution in [0.3, 0.4) is 0 Å². The van der Waals surface area contributed by atoms with Gasteiger partial charge in [0.15, 0.2) is 5.84 Å². The van der Waals surface area contributed by atoms with Crippen LogP contribution in [0.5, 0.6) is 0 Å². The number of aliphatic imine (C=N–C) groups is 2. The van der Waals surface area contributed by atoms with Crippen LogP contribution in [0.15, 0.2) is 79.9 Å². The number of hydrogen-bond acceptors (Lipinski definition) is 4. The molecular weight excluding hydrogens is 290 g/mol. The fraction of sp³-hybridized carbons (Fsp3) is 0.111. The maximum atomic E-state index is 5.35. The molecule has 2 aromatic heterocycles. The Morgan fingerprint density at radius 2 is 1.48 bits per heavy atom. The zero-order valence-corrected chi connectivity index (χ0v) is 12.4. The molecule has 1 aromatic carbocycles. The summed E-state index contributed by atoms with van der Waals surface area (Å²) in [4.78, 5) is 9.30. The van der Waals surface area contributed by atoms with Crippen molar-refractivity contribution < 1.29 is 8.83 Å². The molecule has 0 atom stereocenters. The molecule has 5 heteroatoms. The average molecular weight is 305 g/mol. The molecule has 0 radical (unpaired) electrons. The molecule has 4 rings (SSSR count). The summed E-state index contributed by atoms with van der Waals surface area (Å²) in [5, 5.41) is 3.32. The monoisotopic (exact) mass is 305 g/mol. The highest BCUT2D eigenvalue weighted by molar-refractivity contribution is 6.55. The Bertz CT molecular complexity index is 846. The second kappa shape index (κ2) is 5.96. The van der Waals surface area contributed by atoms with Crippen molar-refractivity contribution in [1.29, 1.82) is 0 Å². The van der Waals surface area contributed by atoms with Gasteiger partial charge in [0.05, 0.1) is 25.6 Å². The molecule has 0 fully saturated rings. The minimum absolute atomic E-state index is 0.475. The van der Waals surface area contributed by atoms with Gasteiger partial charge in [-0.2, -0.15) is 0 Å². The number of para-hydroxylation sites is 1. The first-order chi connectivity index (χ1) is 11.4. The first kappa shape index (κ1) is 13.6. The van der Waals surface area contributed by atoms with Gasteiger partial charge in [0.1, 0.15) is 17.2 Å². The summed E-state index contributed by atoms with van der Waals surface area (Å²) in [6.45, 7) is 0.960. The van der Waals surface area contributed by atoms with Gasteiger partial charge in [0.2, 0.25) is 0 Å². The highest BCUT2D eigenvalue weighted by atomic mass is 16.3. The summed E-state index contributed by atoms with van der Waals surface area (Å²) in [5.74, 6) is 2.40. The van der Waals surface area contributed by atoms with Crippen molar-refractivity contribution in [2.24, 2.45) is 9.98 Å². The fourth-order valence-corrected chi connectivity index (χ4v) is 2.51. The van der Waals surface area contributed by atoms with Crippen LogP contribution in [-0.2, 0) is 13.1 Å². The van der Waals surface area contributed by atoms with Crippen LogP contribution in [0.2, 0.25) is 0 Å². The Morgan fingerprint density at radius 1 is 0.783 bits per heavy atom. The van der Waals surface area contributed by atoms with E-state index in [9.17, 15) is 0 Å². The van der Waals surface area contributed by atoms with Gasteiger partial charge in [0.25, 0.3) is 0 Å². The molecule has 1 N–H and O–H groups in total. The molecule has 0 bridgehead atoms. The molecule has 1 aliphatic rings. The molecular formula is C18H15N3O2. The summed E-state index contributed by atoms with van der Waals surface area (Å²) in [5.41, 5.74) is 2.92. The van der Waals surface area contributed by atoms with Crippen molar-refractivity contribution in [1.82, 2.24) is 0 Å². The van der Waals surface area contributed by atoms with Crippen molar-refractivity contribution in [3.05, 3.63) is 78.1 Å². The molecule has 3 aromatic rings. The van der Waals surface area contributed by atoms with Crippen molar-refractivity contribution >= 4 is 17.2 Å². The van der Waals surface area contributed by atoms with Crippen molar-refractivity contribution in [3.8, 4) is 0 Å². The SMILES string of the molecule is c1coc(CN=C2Nc3ccccc3C2=NCc2ccco2)c1. The first-order valence-electron chi connectivity index (χ1n) is 7.40. The molecule has 23 heavy (non-hydrogen) atoms. The molecule has 0 amide bonds. The summed E-state index contributed by atoms with van der Waals surface area (Å²) in [6, 6.07) is 15.6. The number of anilines is 1. The predicted molar refractivity (Wildman–Crippen MR) is 88.9 cm³/mol. The van der Waals surface area contributed by atoms with E-state index >= 15 is 0 Å². The van der Waals surface area contributed by atoms with Crippen LogP contribution in [0.1, 0.15) is 17.1 Å². The van der Waals surface area contributed by atoms with Gasteiger partial charge in [-0.3, -0.25) is 9.98 Å². The van der Waals surface area contributed by atoms with E-state index in [1.807, 2.05) is 48.5 Å². The third kappa shape index (κ3) is 2.81. The standard InChI is InChI=1S/C18H15N3O2/c1-2-8-16-15(7-1)17(19-11-13-5-3-9-22-13)18(21-16)20-12-14-6-4-10-23-14/h1-10H,11-12H2,(H,19,20,21). The zero-order valence-electron chi connectivity index (χ0n) is 12.4. The largest absolute Gasteiger partial charge is 0.467 e. The van der Waals surface area contributed by atoms with Gasteiger partial charge in [0, 0.05) is 11.3 Å². The van der Waals surface area contributed by atoms with E-state index in [1.54, 1.807) is 12.5 Å². The number of fused-ring (bicyclic) bond motifs is 1. The lowest BCUT2D eigenvalue weighted by atomic mass is 10.1. The summed E-state index contributed by atoms with van der Waals surface area (Å²) in [7, 11) is 0. The summed E-state index contributed by atoms with van der Waals surface area (Å²) >= 11 is 0. The van der Waals surface area contributed by atoms with Crippen LogP contribution in [0.25, 0.3) is 0 Å². The number of nitrogens with zero attached hydrogens (tertiary/aromatic N) is 2. The molecule has 1 aliphatic heterocycles. The molecule has 3 heterocycles. The quantitative estimate of drug-likeness (QED) is 0.795. The minimum Gasteiger partial charge on any atom is -0.467 e. The molecule has 5 nitrogen and oxygen atoms in total. The summed E-state index contributed by atoms with van der Waals surface area (Å²) in [6.07, 6.45) is 3.31. The maximum absolute atomic E-state index is 5.35. The highest BCUT2D eigenvalue weighted by Gasteiger charge is 2.23. The van der Waals surface area contributed by atoms with E-state index in [1.165, 1.54) is 0 Å². The normalized spacial score (nSPS) is 16.7. The number of rotatable bonds is 4. The number of nitrogens with one attached hydrogen (secondary N) is 1. The smallest absolute Gasteiger partial charge is 0.152 e. The number of hydrogen-bond donors (Lipinski definition) is 1. The van der Waals surface area contributed by atoms with Crippen LogP contribution in [0.4, 0.5) is 5.69 Å². The van der Waals surface area contributed by atoms with Gasteiger partial charge in [-0.1, -0.05) is 18.2 Å². The van der Waals surface area contributed by atoms with Gasteiger partial charge in [-0.25, -0.2) is 0 Å². The van der Waals surface area contributed by atoms with E-state index in [-0.39, 0.29) is 0 Å². The molecule has 0 saturated heterocycles. The Balaban J connectivity index is 1.65. The third-order valence-corrected chi connectivity index (χ3v) is 3.61. The zero-order chi connectivity index (χ0) is 15.5. The van der Waals surface area contributed by atoms with Crippen LogP contribution in [0, 0.1) is 0 Å². The van der Waals surface area contributed by atoms with E-state index < -0.39 is 0 Å². The topological polar surface area (TPSA) is 63.0 Å². The molecule has 114 valence electrons. The highest BCUT2D eigenvalue weighted by Crippen LogP contribution is 2.24. The first-order valence-corrected chi connectivity index (χ1v) is 7.40.